The van der Waals surface area contributed by atoms with Crippen LogP contribution in [0.15, 0.2) is 18.5 Å². The van der Waals surface area contributed by atoms with Crippen molar-refractivity contribution < 1.29 is 0 Å². The van der Waals surface area contributed by atoms with Crippen molar-refractivity contribution in [1.82, 2.24) is 4.98 Å². The highest BCUT2D eigenvalue weighted by Crippen LogP contribution is 2.22. The molecule has 0 saturated heterocycles. The molecule has 66 valence electrons. The Morgan fingerprint density at radius 3 is 3.00 bits per heavy atom. The van der Waals surface area contributed by atoms with Gasteiger partial charge in [-0.25, -0.2) is 0 Å². The van der Waals surface area contributed by atoms with Crippen LogP contribution >= 0.6 is 11.6 Å². The molecule has 0 bridgehead atoms. The number of aromatic nitrogens is 1. The van der Waals surface area contributed by atoms with Crippen LogP contribution in [0.5, 0.6) is 0 Å². The first-order valence-corrected chi connectivity index (χ1v) is 4.48. The Morgan fingerprint density at radius 1 is 1.67 bits per heavy atom. The number of halogens is 1. The molecule has 0 aliphatic carbocycles. The minimum absolute atomic E-state index is 0.0468. The Hall–Kier alpha value is -0.600. The zero-order valence-electron chi connectivity index (χ0n) is 7.13. The van der Waals surface area contributed by atoms with Crippen LogP contribution in [0.2, 0.25) is 5.02 Å². The SMILES string of the molecule is CCC[C@@H](N)c1ccncc1Cl. The molecule has 1 rings (SSSR count). The number of pyridine rings is 1. The Bertz CT molecular complexity index is 250. The zero-order valence-corrected chi connectivity index (χ0v) is 7.88. The van der Waals surface area contributed by atoms with Crippen molar-refractivity contribution in [3.05, 3.63) is 29.0 Å². The second-order valence-corrected chi connectivity index (χ2v) is 3.20. The van der Waals surface area contributed by atoms with Gasteiger partial charge < -0.3 is 5.73 Å². The van der Waals surface area contributed by atoms with Gasteiger partial charge in [0.05, 0.1) is 5.02 Å². The summed E-state index contributed by atoms with van der Waals surface area (Å²) < 4.78 is 0. The maximum Gasteiger partial charge on any atom is 0.0637 e. The highest BCUT2D eigenvalue weighted by Gasteiger charge is 2.07. The third-order valence-corrected chi connectivity index (χ3v) is 2.12. The molecule has 0 aromatic carbocycles. The van der Waals surface area contributed by atoms with Gasteiger partial charge in [-0.15, -0.1) is 0 Å². The van der Waals surface area contributed by atoms with Gasteiger partial charge in [0.2, 0.25) is 0 Å². The number of hydrogen-bond acceptors (Lipinski definition) is 2. The molecule has 1 heterocycles. The molecule has 0 aliphatic heterocycles. The van der Waals surface area contributed by atoms with Gasteiger partial charge in [0, 0.05) is 18.4 Å². The Morgan fingerprint density at radius 2 is 2.42 bits per heavy atom. The van der Waals surface area contributed by atoms with E-state index in [1.165, 1.54) is 0 Å². The van der Waals surface area contributed by atoms with E-state index in [0.29, 0.717) is 5.02 Å². The van der Waals surface area contributed by atoms with Crippen molar-refractivity contribution in [2.45, 2.75) is 25.8 Å². The van der Waals surface area contributed by atoms with Crippen LogP contribution in [-0.4, -0.2) is 4.98 Å². The van der Waals surface area contributed by atoms with E-state index < -0.39 is 0 Å². The van der Waals surface area contributed by atoms with E-state index in [1.807, 2.05) is 6.07 Å². The highest BCUT2D eigenvalue weighted by molar-refractivity contribution is 6.31. The summed E-state index contributed by atoms with van der Waals surface area (Å²) in [4.78, 5) is 3.90. The van der Waals surface area contributed by atoms with Crippen LogP contribution < -0.4 is 5.73 Å². The van der Waals surface area contributed by atoms with Crippen molar-refractivity contribution in [2.24, 2.45) is 5.73 Å². The van der Waals surface area contributed by atoms with Crippen LogP contribution in [0.3, 0.4) is 0 Å². The lowest BCUT2D eigenvalue weighted by molar-refractivity contribution is 0.638. The molecular formula is C9H13ClN2. The predicted octanol–water partition coefficient (Wildman–Crippen LogP) is 2.53. The molecule has 1 atom stereocenters. The van der Waals surface area contributed by atoms with Crippen LogP contribution in [-0.2, 0) is 0 Å². The molecule has 0 saturated carbocycles. The average molecular weight is 185 g/mol. The van der Waals surface area contributed by atoms with Gasteiger partial charge >= 0.3 is 0 Å². The van der Waals surface area contributed by atoms with Crippen molar-refractivity contribution in [2.75, 3.05) is 0 Å². The Balaban J connectivity index is 2.79. The summed E-state index contributed by atoms with van der Waals surface area (Å²) in [5.74, 6) is 0. The number of rotatable bonds is 3. The smallest absolute Gasteiger partial charge is 0.0637 e. The Labute approximate surface area is 77.8 Å². The molecule has 0 aliphatic rings. The van der Waals surface area contributed by atoms with Crippen LogP contribution in [0.1, 0.15) is 31.4 Å². The number of nitrogens with zero attached hydrogens (tertiary/aromatic N) is 1. The molecule has 3 heteroatoms. The molecule has 2 N–H and O–H groups in total. The third-order valence-electron chi connectivity index (χ3n) is 1.80. The van der Waals surface area contributed by atoms with Gasteiger partial charge in [-0.2, -0.15) is 0 Å². The van der Waals surface area contributed by atoms with Gasteiger partial charge in [0.15, 0.2) is 0 Å². The number of hydrogen-bond donors (Lipinski definition) is 1. The van der Waals surface area contributed by atoms with Gasteiger partial charge in [0.25, 0.3) is 0 Å². The molecule has 2 nitrogen and oxygen atoms in total. The van der Waals surface area contributed by atoms with Crippen LogP contribution in [0, 0.1) is 0 Å². The topological polar surface area (TPSA) is 38.9 Å². The molecule has 12 heavy (non-hydrogen) atoms. The summed E-state index contributed by atoms with van der Waals surface area (Å²) in [6.07, 6.45) is 5.38. The molecular weight excluding hydrogens is 172 g/mol. The van der Waals surface area contributed by atoms with Gasteiger partial charge in [-0.3, -0.25) is 4.98 Å². The highest BCUT2D eigenvalue weighted by atomic mass is 35.5. The lowest BCUT2D eigenvalue weighted by atomic mass is 10.1. The maximum atomic E-state index is 5.91. The van der Waals surface area contributed by atoms with Gasteiger partial charge in [-0.05, 0) is 18.1 Å². The summed E-state index contributed by atoms with van der Waals surface area (Å²) in [5, 5.41) is 0.665. The fourth-order valence-electron chi connectivity index (χ4n) is 1.15. The first-order valence-electron chi connectivity index (χ1n) is 4.10. The van der Waals surface area contributed by atoms with Crippen LogP contribution in [0.25, 0.3) is 0 Å². The lowest BCUT2D eigenvalue weighted by Crippen LogP contribution is -2.10. The summed E-state index contributed by atoms with van der Waals surface area (Å²) in [6.45, 7) is 2.11. The lowest BCUT2D eigenvalue weighted by Gasteiger charge is -2.11. The second-order valence-electron chi connectivity index (χ2n) is 2.79. The van der Waals surface area contributed by atoms with E-state index in [2.05, 4.69) is 11.9 Å². The fraction of sp³-hybridized carbons (Fsp3) is 0.444. The van der Waals surface area contributed by atoms with E-state index in [0.717, 1.165) is 18.4 Å². The van der Waals surface area contributed by atoms with Gasteiger partial charge in [0.1, 0.15) is 0 Å². The monoisotopic (exact) mass is 184 g/mol. The molecule has 0 radical (unpaired) electrons. The van der Waals surface area contributed by atoms with Crippen molar-refractivity contribution in [3.8, 4) is 0 Å². The Kier molecular flexibility index (Phi) is 3.50. The maximum absolute atomic E-state index is 5.91. The van der Waals surface area contributed by atoms with E-state index in [-0.39, 0.29) is 6.04 Å². The first kappa shape index (κ1) is 9.49. The summed E-state index contributed by atoms with van der Waals surface area (Å²) in [7, 11) is 0. The summed E-state index contributed by atoms with van der Waals surface area (Å²) in [5.41, 5.74) is 6.89. The molecule has 0 unspecified atom stereocenters. The van der Waals surface area contributed by atoms with Gasteiger partial charge in [-0.1, -0.05) is 24.9 Å². The van der Waals surface area contributed by atoms with Crippen molar-refractivity contribution in [1.29, 1.82) is 0 Å². The van der Waals surface area contributed by atoms with Crippen molar-refractivity contribution >= 4 is 11.6 Å². The van der Waals surface area contributed by atoms with E-state index >= 15 is 0 Å². The molecule has 0 fully saturated rings. The fourth-order valence-corrected chi connectivity index (χ4v) is 1.41. The second kappa shape index (κ2) is 4.43. The van der Waals surface area contributed by atoms with E-state index in [1.54, 1.807) is 12.4 Å². The molecule has 0 spiro atoms. The molecule has 1 aromatic rings. The molecule has 1 aromatic heterocycles. The predicted molar refractivity (Wildman–Crippen MR) is 51.1 cm³/mol. The first-order chi connectivity index (χ1) is 5.75. The van der Waals surface area contributed by atoms with E-state index in [9.17, 15) is 0 Å². The minimum atomic E-state index is 0.0468. The number of nitrogens with two attached hydrogens (primary N) is 1. The summed E-state index contributed by atoms with van der Waals surface area (Å²) >= 11 is 5.91. The van der Waals surface area contributed by atoms with E-state index in [4.69, 9.17) is 17.3 Å². The molecule has 0 amide bonds. The standard InChI is InChI=1S/C9H13ClN2/c1-2-3-9(11)7-4-5-12-6-8(7)10/h4-6,9H,2-3,11H2,1H3/t9-/m1/s1. The quantitative estimate of drug-likeness (QED) is 0.784. The van der Waals surface area contributed by atoms with Crippen molar-refractivity contribution in [3.63, 3.8) is 0 Å². The average Bonchev–Trinajstić information content (AvgIpc) is 2.05. The van der Waals surface area contributed by atoms with Crippen LogP contribution in [0.4, 0.5) is 0 Å². The minimum Gasteiger partial charge on any atom is -0.324 e. The largest absolute Gasteiger partial charge is 0.324 e. The normalized spacial score (nSPS) is 12.9. The zero-order chi connectivity index (χ0) is 8.97. The summed E-state index contributed by atoms with van der Waals surface area (Å²) in [6, 6.07) is 1.92. The third kappa shape index (κ3) is 2.19.